The molecule has 1 fully saturated rings. The Labute approximate surface area is 118 Å². The van der Waals surface area contributed by atoms with Crippen molar-refractivity contribution in [2.75, 3.05) is 19.6 Å². The van der Waals surface area contributed by atoms with E-state index in [1.54, 1.807) is 0 Å². The van der Waals surface area contributed by atoms with E-state index in [2.05, 4.69) is 22.8 Å². The van der Waals surface area contributed by atoms with Gasteiger partial charge in [0.2, 0.25) is 11.8 Å². The van der Waals surface area contributed by atoms with E-state index < -0.39 is 0 Å². The smallest absolute Gasteiger partial charge is 0.237 e. The molecule has 2 N–H and O–H groups in total. The highest BCUT2D eigenvalue weighted by molar-refractivity contribution is 5.88. The van der Waals surface area contributed by atoms with Gasteiger partial charge in [-0.1, -0.05) is 24.3 Å². The molecule has 20 heavy (non-hydrogen) atoms. The topological polar surface area (TPSA) is 61.4 Å². The van der Waals surface area contributed by atoms with Crippen LogP contribution in [-0.4, -0.2) is 42.4 Å². The fourth-order valence-electron chi connectivity index (χ4n) is 2.83. The van der Waals surface area contributed by atoms with E-state index in [4.69, 9.17) is 0 Å². The van der Waals surface area contributed by atoms with E-state index in [1.807, 2.05) is 17.0 Å². The second-order valence-corrected chi connectivity index (χ2v) is 5.34. The van der Waals surface area contributed by atoms with Gasteiger partial charge < -0.3 is 15.5 Å². The van der Waals surface area contributed by atoms with Crippen LogP contribution in [0.4, 0.5) is 0 Å². The van der Waals surface area contributed by atoms with Crippen molar-refractivity contribution in [2.45, 2.75) is 25.4 Å². The summed E-state index contributed by atoms with van der Waals surface area (Å²) in [6, 6.07) is 7.84. The lowest BCUT2D eigenvalue weighted by Gasteiger charge is -2.31. The Kier molecular flexibility index (Phi) is 3.69. The second kappa shape index (κ2) is 5.63. The van der Waals surface area contributed by atoms with E-state index >= 15 is 0 Å². The number of carbonyl (C=O) groups is 2. The minimum atomic E-state index is -0.381. The first kappa shape index (κ1) is 13.1. The van der Waals surface area contributed by atoms with Crippen LogP contribution < -0.4 is 10.6 Å². The number of benzene rings is 1. The first-order valence-electron chi connectivity index (χ1n) is 7.10. The van der Waals surface area contributed by atoms with E-state index in [0.29, 0.717) is 13.1 Å². The molecule has 2 heterocycles. The average Bonchev–Trinajstić information content (AvgIpc) is 2.49. The van der Waals surface area contributed by atoms with Crippen LogP contribution in [0.25, 0.3) is 0 Å². The molecule has 2 amide bonds. The molecule has 1 saturated heterocycles. The summed E-state index contributed by atoms with van der Waals surface area (Å²) in [5.41, 5.74) is 2.54. The third-order valence-corrected chi connectivity index (χ3v) is 3.99. The summed E-state index contributed by atoms with van der Waals surface area (Å²) in [7, 11) is 0. The number of carbonyl (C=O) groups excluding carboxylic acids is 2. The van der Waals surface area contributed by atoms with Crippen molar-refractivity contribution in [3.63, 3.8) is 0 Å². The van der Waals surface area contributed by atoms with Gasteiger partial charge in [-0.2, -0.15) is 0 Å². The van der Waals surface area contributed by atoms with Crippen LogP contribution in [0.15, 0.2) is 24.3 Å². The standard InChI is InChI=1S/C15H19N3O2/c19-14(9-13-15(20)17-7-6-16-13)18-8-5-11-3-1-2-4-12(11)10-18/h1-4,13,16H,5-10H2,(H,17,20)/t13-/m1/s1. The monoisotopic (exact) mass is 273 g/mol. The van der Waals surface area contributed by atoms with Crippen LogP contribution in [0.5, 0.6) is 0 Å². The second-order valence-electron chi connectivity index (χ2n) is 5.34. The highest BCUT2D eigenvalue weighted by atomic mass is 16.2. The minimum Gasteiger partial charge on any atom is -0.353 e. The fraction of sp³-hybridized carbons (Fsp3) is 0.467. The molecular formula is C15H19N3O2. The van der Waals surface area contributed by atoms with Crippen molar-refractivity contribution in [3.05, 3.63) is 35.4 Å². The summed E-state index contributed by atoms with van der Waals surface area (Å²) >= 11 is 0. The van der Waals surface area contributed by atoms with Gasteiger partial charge in [0.25, 0.3) is 0 Å². The molecule has 0 spiro atoms. The Bertz CT molecular complexity index is 530. The lowest BCUT2D eigenvalue weighted by atomic mass is 9.99. The highest BCUT2D eigenvalue weighted by Gasteiger charge is 2.27. The normalized spacial score (nSPS) is 22.1. The molecule has 2 aliphatic rings. The maximum atomic E-state index is 12.3. The number of piperazine rings is 1. The fourth-order valence-corrected chi connectivity index (χ4v) is 2.83. The summed E-state index contributed by atoms with van der Waals surface area (Å²) in [5, 5.41) is 5.88. The maximum absolute atomic E-state index is 12.3. The van der Waals surface area contributed by atoms with Gasteiger partial charge in [0.15, 0.2) is 0 Å². The number of hydrogen-bond acceptors (Lipinski definition) is 3. The molecular weight excluding hydrogens is 254 g/mol. The minimum absolute atomic E-state index is 0.0500. The first-order chi connectivity index (χ1) is 9.74. The first-order valence-corrected chi connectivity index (χ1v) is 7.10. The number of fused-ring (bicyclic) bond motifs is 1. The number of nitrogens with one attached hydrogen (secondary N) is 2. The van der Waals surface area contributed by atoms with E-state index in [9.17, 15) is 9.59 Å². The van der Waals surface area contributed by atoms with E-state index in [0.717, 1.165) is 19.5 Å². The van der Waals surface area contributed by atoms with Crippen molar-refractivity contribution in [1.82, 2.24) is 15.5 Å². The van der Waals surface area contributed by atoms with Gasteiger partial charge in [0.1, 0.15) is 0 Å². The maximum Gasteiger partial charge on any atom is 0.237 e. The van der Waals surface area contributed by atoms with E-state index in [1.165, 1.54) is 11.1 Å². The predicted molar refractivity (Wildman–Crippen MR) is 75.0 cm³/mol. The van der Waals surface area contributed by atoms with Crippen molar-refractivity contribution in [2.24, 2.45) is 0 Å². The molecule has 1 aromatic rings. The Morgan fingerprint density at radius 2 is 2.05 bits per heavy atom. The molecule has 106 valence electrons. The lowest BCUT2D eigenvalue weighted by Crippen LogP contribution is -2.54. The van der Waals surface area contributed by atoms with Gasteiger partial charge in [-0.05, 0) is 17.5 Å². The number of amides is 2. The SMILES string of the molecule is O=C1NCCN[C@@H]1CC(=O)N1CCc2ccccc2C1. The van der Waals surface area contributed by atoms with Crippen LogP contribution in [0, 0.1) is 0 Å². The molecule has 0 aliphatic carbocycles. The third kappa shape index (κ3) is 2.67. The average molecular weight is 273 g/mol. The van der Waals surface area contributed by atoms with Gasteiger partial charge >= 0.3 is 0 Å². The Hall–Kier alpha value is -1.88. The molecule has 2 aliphatic heterocycles. The summed E-state index contributed by atoms with van der Waals surface area (Å²) in [6.07, 6.45) is 1.14. The molecule has 0 bridgehead atoms. The van der Waals surface area contributed by atoms with Gasteiger partial charge in [-0.25, -0.2) is 0 Å². The molecule has 1 aromatic carbocycles. The van der Waals surface area contributed by atoms with E-state index in [-0.39, 0.29) is 24.3 Å². The van der Waals surface area contributed by atoms with Crippen molar-refractivity contribution < 1.29 is 9.59 Å². The zero-order valence-corrected chi connectivity index (χ0v) is 11.4. The van der Waals surface area contributed by atoms with Gasteiger partial charge in [-0.15, -0.1) is 0 Å². The van der Waals surface area contributed by atoms with Crippen molar-refractivity contribution in [3.8, 4) is 0 Å². The van der Waals surface area contributed by atoms with Crippen molar-refractivity contribution >= 4 is 11.8 Å². The van der Waals surface area contributed by atoms with Crippen LogP contribution >= 0.6 is 0 Å². The number of hydrogen-bond donors (Lipinski definition) is 2. The van der Waals surface area contributed by atoms with Crippen molar-refractivity contribution in [1.29, 1.82) is 0 Å². The molecule has 0 saturated carbocycles. The summed E-state index contributed by atoms with van der Waals surface area (Å²) in [4.78, 5) is 25.8. The molecule has 0 aromatic heterocycles. The summed E-state index contributed by atoms with van der Waals surface area (Å²) in [6.45, 7) is 2.76. The largest absolute Gasteiger partial charge is 0.353 e. The van der Waals surface area contributed by atoms with Gasteiger partial charge in [-0.3, -0.25) is 9.59 Å². The van der Waals surface area contributed by atoms with Crippen LogP contribution in [0.1, 0.15) is 17.5 Å². The zero-order valence-electron chi connectivity index (χ0n) is 11.4. The molecule has 5 heteroatoms. The molecule has 0 radical (unpaired) electrons. The Morgan fingerprint density at radius 1 is 1.25 bits per heavy atom. The van der Waals surface area contributed by atoms with Gasteiger partial charge in [0, 0.05) is 26.2 Å². The van der Waals surface area contributed by atoms with Crippen LogP contribution in [0.2, 0.25) is 0 Å². The third-order valence-electron chi connectivity index (χ3n) is 3.99. The molecule has 3 rings (SSSR count). The Balaban J connectivity index is 1.63. The van der Waals surface area contributed by atoms with Crippen LogP contribution in [0.3, 0.4) is 0 Å². The quantitative estimate of drug-likeness (QED) is 0.800. The highest BCUT2D eigenvalue weighted by Crippen LogP contribution is 2.19. The van der Waals surface area contributed by atoms with Crippen LogP contribution in [-0.2, 0) is 22.6 Å². The summed E-state index contributed by atoms with van der Waals surface area (Å²) < 4.78 is 0. The number of rotatable bonds is 2. The lowest BCUT2D eigenvalue weighted by molar-refractivity contribution is -0.136. The summed E-state index contributed by atoms with van der Waals surface area (Å²) in [5.74, 6) is -0.0175. The predicted octanol–water partition coefficient (Wildman–Crippen LogP) is 0.0494. The van der Waals surface area contributed by atoms with Gasteiger partial charge in [0.05, 0.1) is 12.5 Å². The number of nitrogens with zero attached hydrogens (tertiary/aromatic N) is 1. The molecule has 1 atom stereocenters. The zero-order chi connectivity index (χ0) is 13.9. The molecule has 0 unspecified atom stereocenters. The molecule has 5 nitrogen and oxygen atoms in total. The Morgan fingerprint density at radius 3 is 2.85 bits per heavy atom.